The molecule has 0 spiro atoms. The van der Waals surface area contributed by atoms with Crippen molar-refractivity contribution in [3.63, 3.8) is 0 Å². The van der Waals surface area contributed by atoms with Crippen LogP contribution in [0.15, 0.2) is 36.6 Å². The van der Waals surface area contributed by atoms with Crippen molar-refractivity contribution in [2.45, 2.75) is 54.9 Å². The van der Waals surface area contributed by atoms with Gasteiger partial charge in [-0.1, -0.05) is 39.7 Å². The van der Waals surface area contributed by atoms with Crippen LogP contribution in [0.3, 0.4) is 0 Å². The van der Waals surface area contributed by atoms with Crippen molar-refractivity contribution < 1.29 is 9.50 Å². The molecule has 0 amide bonds. The van der Waals surface area contributed by atoms with E-state index in [9.17, 15) is 4.39 Å². The molecule has 17 heavy (non-hydrogen) atoms. The Morgan fingerprint density at radius 2 is 1.35 bits per heavy atom. The molecule has 2 heteroatoms. The minimum atomic E-state index is 0.338. The summed E-state index contributed by atoms with van der Waals surface area (Å²) in [5.41, 5.74) is 1.11. The number of rotatable bonds is 1. The predicted octanol–water partition coefficient (Wildman–Crippen LogP) is 6.24. The summed E-state index contributed by atoms with van der Waals surface area (Å²) in [6, 6.07) is 0. The molecule has 0 rings (SSSR count). The maximum Gasteiger partial charge on any atom is 0.111 e. The highest BCUT2D eigenvalue weighted by atomic mass is 19.1. The molecule has 0 saturated heterocycles. The number of halogens is 1. The van der Waals surface area contributed by atoms with Gasteiger partial charge in [0.2, 0.25) is 0 Å². The van der Waals surface area contributed by atoms with Gasteiger partial charge in [-0.05, 0) is 32.9 Å². The Labute approximate surface area is 109 Å². The number of aliphatic hydroxyl groups is 1. The van der Waals surface area contributed by atoms with E-state index in [1.807, 2.05) is 27.7 Å². The molecule has 0 bridgehead atoms. The van der Waals surface area contributed by atoms with Gasteiger partial charge in [0.15, 0.2) is 0 Å². The van der Waals surface area contributed by atoms with E-state index in [0.717, 1.165) is 5.57 Å². The Bertz CT molecular complexity index is 145. The Kier molecular flexibility index (Phi) is 80.5. The molecular weight excluding hydrogens is 215 g/mol. The fourth-order valence-corrected chi connectivity index (χ4v) is 0.379. The van der Waals surface area contributed by atoms with E-state index in [1.54, 1.807) is 19.1 Å². The maximum absolute atomic E-state index is 9.50. The summed E-state index contributed by atoms with van der Waals surface area (Å²) in [5, 5.41) is 8.81. The van der Waals surface area contributed by atoms with Crippen LogP contribution in [0.5, 0.6) is 0 Å². The van der Waals surface area contributed by atoms with Crippen LogP contribution in [0.2, 0.25) is 0 Å². The van der Waals surface area contributed by atoms with Crippen LogP contribution in [-0.4, -0.2) is 12.3 Å². The average Bonchev–Trinajstić information content (AvgIpc) is 2.37. The lowest BCUT2D eigenvalue weighted by molar-refractivity contribution is 0.430. The lowest BCUT2D eigenvalue weighted by Crippen LogP contribution is -1.72. The van der Waals surface area contributed by atoms with Gasteiger partial charge in [-0.25, -0.2) is 0 Å². The van der Waals surface area contributed by atoms with E-state index in [1.165, 1.54) is 6.42 Å². The van der Waals surface area contributed by atoms with Crippen LogP contribution in [0, 0.1) is 0 Å². The molecule has 0 radical (unpaired) electrons. The van der Waals surface area contributed by atoms with E-state index < -0.39 is 0 Å². The van der Waals surface area contributed by atoms with Crippen LogP contribution in [0.1, 0.15) is 54.9 Å². The first-order valence-corrected chi connectivity index (χ1v) is 5.96. The van der Waals surface area contributed by atoms with Crippen molar-refractivity contribution in [2.24, 2.45) is 0 Å². The van der Waals surface area contributed by atoms with E-state index in [4.69, 9.17) is 5.11 Å². The zero-order chi connectivity index (χ0) is 15.3. The van der Waals surface area contributed by atoms with Crippen molar-refractivity contribution in [1.82, 2.24) is 0 Å². The highest BCUT2D eigenvalue weighted by Crippen LogP contribution is 1.95. The van der Waals surface area contributed by atoms with E-state index >= 15 is 0 Å². The minimum Gasteiger partial charge on any atom is -0.508 e. The lowest BCUT2D eigenvalue weighted by atomic mass is 10.3. The Morgan fingerprint density at radius 1 is 1.12 bits per heavy atom. The molecule has 0 aliphatic carbocycles. The highest BCUT2D eigenvalue weighted by Gasteiger charge is 1.79. The SMILES string of the molecule is C/C=C(/O)C=C(C)C.C=C.CC.CCC.CF. The normalized spacial score (nSPS) is 7.24. The van der Waals surface area contributed by atoms with E-state index in [2.05, 4.69) is 27.0 Å². The van der Waals surface area contributed by atoms with Gasteiger partial charge in [0.05, 0.1) is 7.18 Å². The van der Waals surface area contributed by atoms with Crippen molar-refractivity contribution in [1.29, 1.82) is 0 Å². The van der Waals surface area contributed by atoms with Crippen LogP contribution in [0.4, 0.5) is 4.39 Å². The van der Waals surface area contributed by atoms with Crippen LogP contribution in [0.25, 0.3) is 0 Å². The van der Waals surface area contributed by atoms with E-state index in [0.29, 0.717) is 12.9 Å². The fourth-order valence-electron chi connectivity index (χ4n) is 0.379. The Hall–Kier alpha value is -1.05. The number of hydrogen-bond acceptors (Lipinski definition) is 1. The number of allylic oxidation sites excluding steroid dienone is 3. The molecule has 0 unspecified atom stereocenters. The summed E-state index contributed by atoms with van der Waals surface area (Å²) in [6.45, 7) is 19.9. The van der Waals surface area contributed by atoms with Crippen LogP contribution >= 0.6 is 0 Å². The number of hydrogen-bond donors (Lipinski definition) is 1. The summed E-state index contributed by atoms with van der Waals surface area (Å²) >= 11 is 0. The third kappa shape index (κ3) is 102. The molecule has 0 aliphatic heterocycles. The molecule has 0 aromatic heterocycles. The van der Waals surface area contributed by atoms with E-state index in [-0.39, 0.29) is 0 Å². The van der Waals surface area contributed by atoms with Gasteiger partial charge in [-0.2, -0.15) is 0 Å². The quantitative estimate of drug-likeness (QED) is 0.330. The molecule has 1 nitrogen and oxygen atoms in total. The topological polar surface area (TPSA) is 20.2 Å². The molecule has 0 heterocycles. The Balaban J connectivity index is -0.0000000448. The second-order valence-electron chi connectivity index (χ2n) is 2.64. The first-order chi connectivity index (χ1) is 8.08. The zero-order valence-electron chi connectivity index (χ0n) is 13.1. The highest BCUT2D eigenvalue weighted by molar-refractivity contribution is 5.13. The number of aliphatic hydroxyl groups excluding tert-OH is 1. The molecule has 106 valence electrons. The first-order valence-electron chi connectivity index (χ1n) is 5.96. The molecule has 0 aromatic rings. The van der Waals surface area contributed by atoms with Crippen LogP contribution < -0.4 is 0 Å². The van der Waals surface area contributed by atoms with Gasteiger partial charge in [-0.3, -0.25) is 4.39 Å². The summed E-state index contributed by atoms with van der Waals surface area (Å²) < 4.78 is 9.50. The molecule has 0 aliphatic rings. The monoisotopic (exact) mass is 248 g/mol. The van der Waals surface area contributed by atoms with Gasteiger partial charge in [0, 0.05) is 0 Å². The molecule has 0 aromatic carbocycles. The molecule has 0 saturated carbocycles. The maximum atomic E-state index is 9.50. The molecular formula is C15H33FO. The lowest BCUT2D eigenvalue weighted by Gasteiger charge is -1.88. The molecule has 0 fully saturated rings. The average molecular weight is 248 g/mol. The van der Waals surface area contributed by atoms with Crippen LogP contribution in [-0.2, 0) is 0 Å². The summed E-state index contributed by atoms with van der Waals surface area (Å²) in [7, 11) is 0.500. The van der Waals surface area contributed by atoms with Crippen molar-refractivity contribution in [3.05, 3.63) is 36.6 Å². The van der Waals surface area contributed by atoms with Crippen molar-refractivity contribution in [2.75, 3.05) is 7.18 Å². The Morgan fingerprint density at radius 3 is 1.41 bits per heavy atom. The largest absolute Gasteiger partial charge is 0.508 e. The summed E-state index contributed by atoms with van der Waals surface area (Å²) in [4.78, 5) is 0. The minimum absolute atomic E-state index is 0.338. The standard InChI is InChI=1S/C7H12O.C3H8.C2H6.C2H4.CH3F/c1-4-7(8)5-6(2)3;1-3-2;3*1-2/h4-5,8H,1-3H3;3H2,1-2H3;1-2H3;1-2H2;1H3/b7-4+;;;;. The summed E-state index contributed by atoms with van der Waals surface area (Å²) in [6.07, 6.45) is 4.63. The van der Waals surface area contributed by atoms with Gasteiger partial charge in [0.1, 0.15) is 5.76 Å². The third-order valence-corrected chi connectivity index (χ3v) is 0.732. The van der Waals surface area contributed by atoms with Gasteiger partial charge in [0.25, 0.3) is 0 Å². The van der Waals surface area contributed by atoms with Gasteiger partial charge >= 0.3 is 0 Å². The third-order valence-electron chi connectivity index (χ3n) is 0.732. The molecule has 0 atom stereocenters. The first kappa shape index (κ1) is 29.7. The van der Waals surface area contributed by atoms with Gasteiger partial charge < -0.3 is 5.11 Å². The second kappa shape index (κ2) is 46.0. The smallest absolute Gasteiger partial charge is 0.111 e. The summed E-state index contributed by atoms with van der Waals surface area (Å²) in [5.74, 6) is 0.338. The second-order valence-corrected chi connectivity index (χ2v) is 2.64. The predicted molar refractivity (Wildman–Crippen MR) is 81.4 cm³/mol. The molecule has 1 N–H and O–H groups in total. The van der Waals surface area contributed by atoms with Gasteiger partial charge in [-0.15, -0.1) is 13.2 Å². The fraction of sp³-hybridized carbons (Fsp3) is 0.600. The number of alkyl halides is 1. The zero-order valence-corrected chi connectivity index (χ0v) is 13.1. The van der Waals surface area contributed by atoms with Crippen molar-refractivity contribution in [3.8, 4) is 0 Å². The van der Waals surface area contributed by atoms with Crippen molar-refractivity contribution >= 4 is 0 Å².